The van der Waals surface area contributed by atoms with Gasteiger partial charge < -0.3 is 4.42 Å². The fraction of sp³-hybridized carbons (Fsp3) is 0.0556. The highest BCUT2D eigenvalue weighted by Gasteiger charge is 2.18. The highest BCUT2D eigenvalue weighted by molar-refractivity contribution is 7.89. The quantitative estimate of drug-likeness (QED) is 0.531. The zero-order chi connectivity index (χ0) is 18.7. The second-order valence-electron chi connectivity index (χ2n) is 5.66. The molecule has 4 rings (SSSR count). The zero-order valence-electron chi connectivity index (χ0n) is 14.0. The third-order valence-electron chi connectivity index (χ3n) is 3.87. The highest BCUT2D eigenvalue weighted by atomic mass is 32.2. The van der Waals surface area contributed by atoms with Crippen LogP contribution in [0.25, 0.3) is 22.7 Å². The van der Waals surface area contributed by atoms with E-state index < -0.39 is 10.0 Å². The van der Waals surface area contributed by atoms with Crippen LogP contribution < -0.4 is 4.72 Å². The number of rotatable bonds is 6. The fourth-order valence-corrected chi connectivity index (χ4v) is 3.55. The highest BCUT2D eigenvalue weighted by Crippen LogP contribution is 2.29. The minimum atomic E-state index is -3.65. The van der Waals surface area contributed by atoms with E-state index in [1.54, 1.807) is 24.4 Å². The van der Waals surface area contributed by atoms with Gasteiger partial charge in [-0.15, -0.1) is 10.2 Å². The van der Waals surface area contributed by atoms with Gasteiger partial charge in [0.05, 0.1) is 17.6 Å². The number of aromatic nitrogens is 4. The minimum Gasteiger partial charge on any atom is -0.418 e. The summed E-state index contributed by atoms with van der Waals surface area (Å²) in [5, 5.41) is 14.8. The lowest BCUT2D eigenvalue weighted by Crippen LogP contribution is -2.23. The number of hydrogen-bond donors (Lipinski definition) is 2. The van der Waals surface area contributed by atoms with Crippen molar-refractivity contribution in [3.63, 3.8) is 0 Å². The summed E-state index contributed by atoms with van der Waals surface area (Å²) in [6, 6.07) is 17.7. The van der Waals surface area contributed by atoms with E-state index in [-0.39, 0.29) is 23.2 Å². The van der Waals surface area contributed by atoms with Crippen LogP contribution in [-0.2, 0) is 16.6 Å². The molecule has 0 saturated carbocycles. The maximum absolute atomic E-state index is 12.3. The molecule has 0 radical (unpaired) electrons. The number of aromatic amines is 1. The molecule has 27 heavy (non-hydrogen) atoms. The molecular weight excluding hydrogens is 366 g/mol. The van der Waals surface area contributed by atoms with Crippen molar-refractivity contribution >= 4 is 10.0 Å². The molecule has 0 atom stereocenters. The predicted octanol–water partition coefficient (Wildman–Crippen LogP) is 2.61. The molecule has 0 saturated heterocycles. The van der Waals surface area contributed by atoms with E-state index in [9.17, 15) is 8.42 Å². The Morgan fingerprint density at radius 2 is 1.67 bits per heavy atom. The number of hydrogen-bond acceptors (Lipinski definition) is 6. The van der Waals surface area contributed by atoms with Gasteiger partial charge in [0.25, 0.3) is 5.89 Å². The van der Waals surface area contributed by atoms with Gasteiger partial charge in [0.2, 0.25) is 15.9 Å². The van der Waals surface area contributed by atoms with Crippen molar-refractivity contribution in [2.75, 3.05) is 0 Å². The summed E-state index contributed by atoms with van der Waals surface area (Å²) in [5.74, 6) is 0.387. The minimum absolute atomic E-state index is 0.112. The van der Waals surface area contributed by atoms with Crippen molar-refractivity contribution in [3.05, 3.63) is 72.8 Å². The molecule has 0 fully saturated rings. The molecule has 0 amide bonds. The van der Waals surface area contributed by atoms with Gasteiger partial charge in [-0.3, -0.25) is 5.10 Å². The molecule has 2 aromatic heterocycles. The summed E-state index contributed by atoms with van der Waals surface area (Å²) in [6.07, 6.45) is 1.67. The SMILES string of the molecule is O=S(=O)(NCc1nnc(-c2[nH]ncc2-c2ccccc2)o1)c1ccccc1. The smallest absolute Gasteiger partial charge is 0.266 e. The maximum Gasteiger partial charge on any atom is 0.266 e. The lowest BCUT2D eigenvalue weighted by atomic mass is 10.1. The second-order valence-corrected chi connectivity index (χ2v) is 7.43. The molecule has 136 valence electrons. The van der Waals surface area contributed by atoms with Crippen LogP contribution in [0.3, 0.4) is 0 Å². The van der Waals surface area contributed by atoms with Crippen molar-refractivity contribution in [2.24, 2.45) is 0 Å². The number of nitrogens with one attached hydrogen (secondary N) is 2. The van der Waals surface area contributed by atoms with E-state index in [2.05, 4.69) is 25.1 Å². The normalized spacial score (nSPS) is 11.6. The van der Waals surface area contributed by atoms with Gasteiger partial charge in [-0.2, -0.15) is 5.10 Å². The molecular formula is C18H15N5O3S. The average Bonchev–Trinajstić information content (AvgIpc) is 3.37. The van der Waals surface area contributed by atoms with E-state index >= 15 is 0 Å². The first-order valence-corrected chi connectivity index (χ1v) is 9.58. The topological polar surface area (TPSA) is 114 Å². The number of benzene rings is 2. The Balaban J connectivity index is 1.53. The maximum atomic E-state index is 12.3. The van der Waals surface area contributed by atoms with Crippen molar-refractivity contribution in [1.82, 2.24) is 25.1 Å². The Morgan fingerprint density at radius 1 is 0.963 bits per heavy atom. The van der Waals surface area contributed by atoms with E-state index in [1.807, 2.05) is 30.3 Å². The number of sulfonamides is 1. The molecule has 0 bridgehead atoms. The van der Waals surface area contributed by atoms with Crippen molar-refractivity contribution in [3.8, 4) is 22.7 Å². The Hall–Kier alpha value is -3.30. The van der Waals surface area contributed by atoms with Crippen LogP contribution in [0.15, 0.2) is 76.2 Å². The van der Waals surface area contributed by atoms with Crippen LogP contribution in [0.2, 0.25) is 0 Å². The van der Waals surface area contributed by atoms with E-state index in [0.717, 1.165) is 11.1 Å². The molecule has 9 heteroatoms. The second kappa shape index (κ2) is 7.14. The molecule has 4 aromatic rings. The average molecular weight is 381 g/mol. The Kier molecular flexibility index (Phi) is 4.53. The largest absolute Gasteiger partial charge is 0.418 e. The lowest BCUT2D eigenvalue weighted by Gasteiger charge is -2.03. The zero-order valence-corrected chi connectivity index (χ0v) is 14.8. The summed E-state index contributed by atoms with van der Waals surface area (Å²) in [4.78, 5) is 0.171. The first kappa shape index (κ1) is 17.1. The van der Waals surface area contributed by atoms with E-state index in [4.69, 9.17) is 4.42 Å². The molecule has 0 spiro atoms. The van der Waals surface area contributed by atoms with Crippen molar-refractivity contribution in [1.29, 1.82) is 0 Å². The number of nitrogens with zero attached hydrogens (tertiary/aromatic N) is 3. The Labute approximate surface area is 155 Å². The molecule has 0 aliphatic heterocycles. The first-order valence-electron chi connectivity index (χ1n) is 8.10. The fourth-order valence-electron chi connectivity index (χ4n) is 2.55. The van der Waals surface area contributed by atoms with Crippen LogP contribution in [0, 0.1) is 0 Å². The molecule has 0 aliphatic carbocycles. The molecule has 2 heterocycles. The first-order chi connectivity index (χ1) is 13.1. The van der Waals surface area contributed by atoms with Crippen molar-refractivity contribution in [2.45, 2.75) is 11.4 Å². The summed E-state index contributed by atoms with van der Waals surface area (Å²) in [6.45, 7) is -0.112. The standard InChI is InChI=1S/C18H15N5O3S/c24-27(25,14-9-5-2-6-10-14)20-12-16-21-23-18(26-16)17-15(11-19-22-17)13-7-3-1-4-8-13/h1-11,20H,12H2,(H,19,22). The van der Waals surface area contributed by atoms with Gasteiger partial charge in [0.1, 0.15) is 5.69 Å². The molecule has 2 N–H and O–H groups in total. The van der Waals surface area contributed by atoms with Gasteiger partial charge in [0.15, 0.2) is 0 Å². The molecule has 0 aliphatic rings. The van der Waals surface area contributed by atoms with Gasteiger partial charge in [-0.25, -0.2) is 13.1 Å². The lowest BCUT2D eigenvalue weighted by molar-refractivity contribution is 0.493. The van der Waals surface area contributed by atoms with Crippen LogP contribution >= 0.6 is 0 Å². The van der Waals surface area contributed by atoms with Crippen molar-refractivity contribution < 1.29 is 12.8 Å². The molecule has 8 nitrogen and oxygen atoms in total. The van der Waals surface area contributed by atoms with Gasteiger partial charge in [-0.1, -0.05) is 48.5 Å². The molecule has 2 aromatic carbocycles. The van der Waals surface area contributed by atoms with Crippen LogP contribution in [-0.4, -0.2) is 28.8 Å². The van der Waals surface area contributed by atoms with E-state index in [0.29, 0.717) is 5.69 Å². The summed E-state index contributed by atoms with van der Waals surface area (Å²) >= 11 is 0. The Morgan fingerprint density at radius 3 is 2.41 bits per heavy atom. The predicted molar refractivity (Wildman–Crippen MR) is 97.8 cm³/mol. The Bertz CT molecular complexity index is 1140. The van der Waals surface area contributed by atoms with Crippen LogP contribution in [0.1, 0.15) is 5.89 Å². The molecule has 0 unspecified atom stereocenters. The summed E-state index contributed by atoms with van der Waals surface area (Å²) in [5.41, 5.74) is 2.34. The van der Waals surface area contributed by atoms with Gasteiger partial charge >= 0.3 is 0 Å². The third kappa shape index (κ3) is 3.64. The van der Waals surface area contributed by atoms with E-state index in [1.165, 1.54) is 12.1 Å². The van der Waals surface area contributed by atoms with Gasteiger partial charge in [0, 0.05) is 5.56 Å². The number of H-pyrrole nitrogens is 1. The van der Waals surface area contributed by atoms with Gasteiger partial charge in [-0.05, 0) is 17.7 Å². The third-order valence-corrected chi connectivity index (χ3v) is 5.29. The monoisotopic (exact) mass is 381 g/mol. The summed E-state index contributed by atoms with van der Waals surface area (Å²) < 4.78 is 32.6. The van der Waals surface area contributed by atoms with Crippen LogP contribution in [0.4, 0.5) is 0 Å². The van der Waals surface area contributed by atoms with Crippen LogP contribution in [0.5, 0.6) is 0 Å². The summed E-state index contributed by atoms with van der Waals surface area (Å²) in [7, 11) is -3.65.